The number of aromatic nitrogens is 1. The van der Waals surface area contributed by atoms with E-state index in [9.17, 15) is 4.79 Å². The highest BCUT2D eigenvalue weighted by Crippen LogP contribution is 2.19. The quantitative estimate of drug-likeness (QED) is 0.800. The Morgan fingerprint density at radius 2 is 2.31 bits per heavy atom. The molecule has 0 saturated heterocycles. The maximum absolute atomic E-state index is 11.4. The number of anilines is 1. The molecule has 3 N–H and O–H groups in total. The molecule has 1 aromatic heterocycles. The van der Waals surface area contributed by atoms with Crippen LogP contribution >= 0.6 is 0 Å². The molecular formula is C11H13N3O2. The highest BCUT2D eigenvalue weighted by atomic mass is 16.3. The molecule has 2 rings (SSSR count). The maximum atomic E-state index is 11.4. The van der Waals surface area contributed by atoms with Crippen molar-refractivity contribution in [2.75, 3.05) is 5.32 Å². The van der Waals surface area contributed by atoms with Crippen molar-refractivity contribution in [3.05, 3.63) is 24.1 Å². The molecule has 0 aliphatic rings. The summed E-state index contributed by atoms with van der Waals surface area (Å²) in [5.41, 5.74) is 7.54. The third-order valence-electron chi connectivity index (χ3n) is 2.18. The minimum Gasteiger partial charge on any atom is -0.441 e. The molecule has 1 heterocycles. The van der Waals surface area contributed by atoms with Gasteiger partial charge in [-0.25, -0.2) is 4.98 Å². The number of oxazole rings is 1. The van der Waals surface area contributed by atoms with Gasteiger partial charge < -0.3 is 15.5 Å². The van der Waals surface area contributed by atoms with E-state index in [-0.39, 0.29) is 5.91 Å². The van der Waals surface area contributed by atoms with Gasteiger partial charge in [0.25, 0.3) is 0 Å². The zero-order chi connectivity index (χ0) is 11.7. The van der Waals surface area contributed by atoms with Gasteiger partial charge in [-0.15, -0.1) is 0 Å². The summed E-state index contributed by atoms with van der Waals surface area (Å²) in [5, 5.41) is 2.69. The Bertz CT molecular complexity index is 531. The number of nitrogens with zero attached hydrogens (tertiary/aromatic N) is 1. The SMILES string of the molecule is Cc1nc2ccc(NC(=O)[C@@H](C)N)cc2o1. The lowest BCUT2D eigenvalue weighted by Crippen LogP contribution is -2.32. The van der Waals surface area contributed by atoms with Crippen LogP contribution in [0.5, 0.6) is 0 Å². The molecule has 0 bridgehead atoms. The zero-order valence-electron chi connectivity index (χ0n) is 9.15. The van der Waals surface area contributed by atoms with E-state index in [1.54, 1.807) is 32.0 Å². The fraction of sp³-hybridized carbons (Fsp3) is 0.273. The average Bonchev–Trinajstić information content (AvgIpc) is 2.57. The smallest absolute Gasteiger partial charge is 0.241 e. The maximum Gasteiger partial charge on any atom is 0.241 e. The van der Waals surface area contributed by atoms with Crippen molar-refractivity contribution < 1.29 is 9.21 Å². The predicted molar refractivity (Wildman–Crippen MR) is 61.0 cm³/mol. The van der Waals surface area contributed by atoms with E-state index < -0.39 is 6.04 Å². The first-order valence-electron chi connectivity index (χ1n) is 5.00. The van der Waals surface area contributed by atoms with Gasteiger partial charge in [0.05, 0.1) is 6.04 Å². The normalized spacial score (nSPS) is 12.7. The molecule has 0 fully saturated rings. The van der Waals surface area contributed by atoms with Crippen LogP contribution in [-0.4, -0.2) is 16.9 Å². The van der Waals surface area contributed by atoms with Gasteiger partial charge >= 0.3 is 0 Å². The van der Waals surface area contributed by atoms with E-state index in [2.05, 4.69) is 10.3 Å². The van der Waals surface area contributed by atoms with Crippen LogP contribution < -0.4 is 11.1 Å². The van der Waals surface area contributed by atoms with Gasteiger partial charge in [-0.2, -0.15) is 0 Å². The number of rotatable bonds is 2. The van der Waals surface area contributed by atoms with Crippen molar-refractivity contribution in [2.24, 2.45) is 5.73 Å². The van der Waals surface area contributed by atoms with E-state index >= 15 is 0 Å². The molecule has 5 heteroatoms. The average molecular weight is 219 g/mol. The summed E-state index contributed by atoms with van der Waals surface area (Å²) in [4.78, 5) is 15.5. The minimum absolute atomic E-state index is 0.226. The first-order valence-corrected chi connectivity index (χ1v) is 5.00. The van der Waals surface area contributed by atoms with Crippen LogP contribution in [0.4, 0.5) is 5.69 Å². The fourth-order valence-electron chi connectivity index (χ4n) is 1.37. The summed E-state index contributed by atoms with van der Waals surface area (Å²) in [6.45, 7) is 3.41. The van der Waals surface area contributed by atoms with Crippen molar-refractivity contribution in [1.29, 1.82) is 0 Å². The lowest BCUT2D eigenvalue weighted by Gasteiger charge is -2.06. The van der Waals surface area contributed by atoms with Crippen LogP contribution in [0.1, 0.15) is 12.8 Å². The second kappa shape index (κ2) is 3.94. The fourth-order valence-corrected chi connectivity index (χ4v) is 1.37. The largest absolute Gasteiger partial charge is 0.441 e. The molecule has 5 nitrogen and oxygen atoms in total. The van der Waals surface area contributed by atoms with E-state index in [4.69, 9.17) is 10.2 Å². The number of hydrogen-bond donors (Lipinski definition) is 2. The van der Waals surface area contributed by atoms with Crippen molar-refractivity contribution in [2.45, 2.75) is 19.9 Å². The summed E-state index contributed by atoms with van der Waals surface area (Å²) in [7, 11) is 0. The third-order valence-corrected chi connectivity index (χ3v) is 2.18. The first-order chi connectivity index (χ1) is 7.56. The van der Waals surface area contributed by atoms with Gasteiger partial charge in [-0.3, -0.25) is 4.79 Å². The van der Waals surface area contributed by atoms with E-state index in [0.29, 0.717) is 17.2 Å². The Balaban J connectivity index is 2.29. The number of fused-ring (bicyclic) bond motifs is 1. The molecule has 1 aromatic carbocycles. The molecule has 1 amide bonds. The van der Waals surface area contributed by atoms with Crippen molar-refractivity contribution in [3.8, 4) is 0 Å². The van der Waals surface area contributed by atoms with Crippen LogP contribution in [0.15, 0.2) is 22.6 Å². The van der Waals surface area contributed by atoms with Crippen LogP contribution in [0.2, 0.25) is 0 Å². The van der Waals surface area contributed by atoms with Gasteiger partial charge in [-0.05, 0) is 19.1 Å². The van der Waals surface area contributed by atoms with Gasteiger partial charge in [-0.1, -0.05) is 0 Å². The monoisotopic (exact) mass is 219 g/mol. The number of hydrogen-bond acceptors (Lipinski definition) is 4. The molecule has 0 aliphatic heterocycles. The van der Waals surface area contributed by atoms with Crippen LogP contribution in [0.25, 0.3) is 11.1 Å². The van der Waals surface area contributed by atoms with Crippen LogP contribution in [0.3, 0.4) is 0 Å². The molecule has 0 aliphatic carbocycles. The summed E-state index contributed by atoms with van der Waals surface area (Å²) in [5.74, 6) is 0.376. The third kappa shape index (κ3) is 2.04. The second-order valence-electron chi connectivity index (χ2n) is 3.69. The Hall–Kier alpha value is -1.88. The molecule has 2 aromatic rings. The number of benzene rings is 1. The Morgan fingerprint density at radius 1 is 1.56 bits per heavy atom. The first kappa shape index (κ1) is 10.6. The molecule has 0 saturated carbocycles. The summed E-state index contributed by atoms with van der Waals surface area (Å²) < 4.78 is 5.36. The number of amides is 1. The molecule has 0 unspecified atom stereocenters. The lowest BCUT2D eigenvalue weighted by atomic mass is 10.2. The van der Waals surface area contributed by atoms with E-state index in [0.717, 1.165) is 5.52 Å². The van der Waals surface area contributed by atoms with Gasteiger partial charge in [0, 0.05) is 18.7 Å². The minimum atomic E-state index is -0.535. The summed E-state index contributed by atoms with van der Waals surface area (Å²) >= 11 is 0. The standard InChI is InChI=1S/C11H13N3O2/c1-6(12)11(15)14-8-3-4-9-10(5-8)16-7(2)13-9/h3-6H,12H2,1-2H3,(H,14,15)/t6-/m1/s1. The van der Waals surface area contributed by atoms with Crippen LogP contribution in [0, 0.1) is 6.92 Å². The second-order valence-corrected chi connectivity index (χ2v) is 3.69. The molecule has 16 heavy (non-hydrogen) atoms. The van der Waals surface area contributed by atoms with Gasteiger partial charge in [0.2, 0.25) is 5.91 Å². The number of carbonyl (C=O) groups is 1. The van der Waals surface area contributed by atoms with Crippen LogP contribution in [-0.2, 0) is 4.79 Å². The Kier molecular flexibility index (Phi) is 2.62. The lowest BCUT2D eigenvalue weighted by molar-refractivity contribution is -0.117. The van der Waals surface area contributed by atoms with Crippen molar-refractivity contribution in [1.82, 2.24) is 4.98 Å². The van der Waals surface area contributed by atoms with Gasteiger partial charge in [0.1, 0.15) is 5.52 Å². The number of aryl methyl sites for hydroxylation is 1. The topological polar surface area (TPSA) is 81.2 Å². The molecular weight excluding hydrogens is 206 g/mol. The highest BCUT2D eigenvalue weighted by molar-refractivity contribution is 5.95. The molecule has 1 atom stereocenters. The van der Waals surface area contributed by atoms with Crippen molar-refractivity contribution >= 4 is 22.7 Å². The summed E-state index contributed by atoms with van der Waals surface area (Å²) in [6, 6.07) is 4.76. The predicted octanol–water partition coefficient (Wildman–Crippen LogP) is 1.42. The van der Waals surface area contributed by atoms with E-state index in [1.807, 2.05) is 0 Å². The molecule has 84 valence electrons. The van der Waals surface area contributed by atoms with Crippen molar-refractivity contribution in [3.63, 3.8) is 0 Å². The highest BCUT2D eigenvalue weighted by Gasteiger charge is 2.09. The Labute approximate surface area is 92.6 Å². The van der Waals surface area contributed by atoms with E-state index in [1.165, 1.54) is 0 Å². The number of nitrogens with two attached hydrogens (primary N) is 1. The Morgan fingerprint density at radius 3 is 3.00 bits per heavy atom. The van der Waals surface area contributed by atoms with Gasteiger partial charge in [0.15, 0.2) is 11.5 Å². The summed E-state index contributed by atoms with van der Waals surface area (Å²) in [6.07, 6.45) is 0. The molecule has 0 spiro atoms. The number of nitrogens with one attached hydrogen (secondary N) is 1. The number of carbonyl (C=O) groups excluding carboxylic acids is 1. The molecule has 0 radical (unpaired) electrons. The zero-order valence-corrected chi connectivity index (χ0v) is 9.15.